The van der Waals surface area contributed by atoms with Crippen LogP contribution in [0, 0.1) is 0 Å². The van der Waals surface area contributed by atoms with Crippen molar-refractivity contribution >= 4 is 11.9 Å². The topological polar surface area (TPSA) is 78.2 Å². The molecule has 29 heavy (non-hydrogen) atoms. The van der Waals surface area contributed by atoms with Gasteiger partial charge in [-0.05, 0) is 56.5 Å². The Bertz CT molecular complexity index is 859. The molecule has 0 aliphatic carbocycles. The number of hydrogen-bond donors (Lipinski definition) is 0. The summed E-state index contributed by atoms with van der Waals surface area (Å²) in [5.74, 6) is 1.64. The fraction of sp³-hybridized carbons (Fsp3) is 0.455. The van der Waals surface area contributed by atoms with Gasteiger partial charge in [-0.2, -0.15) is 0 Å². The zero-order chi connectivity index (χ0) is 20.8. The number of piperidine rings is 1. The van der Waals surface area contributed by atoms with Gasteiger partial charge in [-0.1, -0.05) is 0 Å². The van der Waals surface area contributed by atoms with Gasteiger partial charge < -0.3 is 23.5 Å². The molecule has 1 aliphatic rings. The molecule has 0 bridgehead atoms. The summed E-state index contributed by atoms with van der Waals surface area (Å²) in [6, 6.07) is 8.41. The summed E-state index contributed by atoms with van der Waals surface area (Å²) < 4.78 is 21.6. The summed E-state index contributed by atoms with van der Waals surface area (Å²) in [6.07, 6.45) is 2.82. The Hall–Kier alpha value is -2.96. The number of rotatable bonds is 7. The third-order valence-corrected chi connectivity index (χ3v) is 5.05. The summed E-state index contributed by atoms with van der Waals surface area (Å²) >= 11 is 0. The highest BCUT2D eigenvalue weighted by atomic mass is 16.5. The van der Waals surface area contributed by atoms with Gasteiger partial charge in [-0.25, -0.2) is 4.79 Å². The number of amides is 1. The molecule has 0 saturated carbocycles. The maximum Gasteiger partial charge on any atom is 0.328 e. The van der Waals surface area contributed by atoms with Crippen molar-refractivity contribution < 1.29 is 28.2 Å². The second kappa shape index (κ2) is 9.49. The van der Waals surface area contributed by atoms with Gasteiger partial charge >= 0.3 is 5.97 Å². The second-order valence-corrected chi connectivity index (χ2v) is 6.88. The van der Waals surface area contributed by atoms with Crippen molar-refractivity contribution in [3.63, 3.8) is 0 Å². The third-order valence-electron chi connectivity index (χ3n) is 5.05. The van der Waals surface area contributed by atoms with E-state index in [-0.39, 0.29) is 17.6 Å². The zero-order valence-electron chi connectivity index (χ0n) is 17.1. The number of furan rings is 1. The quantitative estimate of drug-likeness (QED) is 0.662. The molecule has 1 aromatic heterocycles. The van der Waals surface area contributed by atoms with Gasteiger partial charge in [-0.15, -0.1) is 0 Å². The van der Waals surface area contributed by atoms with E-state index in [1.807, 2.05) is 18.2 Å². The van der Waals surface area contributed by atoms with Crippen LogP contribution in [-0.4, -0.2) is 50.2 Å². The van der Waals surface area contributed by atoms with Crippen molar-refractivity contribution in [3.8, 4) is 11.5 Å². The SMILES string of the molecule is CCOC(=O)C1CCCCN1C(=O)c1ccc(Cc2cc(OC)ccc2OC)o1. The molecule has 7 nitrogen and oxygen atoms in total. The van der Waals surface area contributed by atoms with E-state index in [9.17, 15) is 9.59 Å². The van der Waals surface area contributed by atoms with Crippen LogP contribution in [0.1, 0.15) is 48.1 Å². The number of ether oxygens (including phenoxy) is 3. The van der Waals surface area contributed by atoms with E-state index >= 15 is 0 Å². The van der Waals surface area contributed by atoms with E-state index in [0.717, 1.165) is 18.4 Å². The maximum absolute atomic E-state index is 13.0. The Labute approximate surface area is 170 Å². The molecule has 1 saturated heterocycles. The molecular weight excluding hydrogens is 374 g/mol. The predicted molar refractivity (Wildman–Crippen MR) is 106 cm³/mol. The lowest BCUT2D eigenvalue weighted by Crippen LogP contribution is -2.48. The molecule has 1 atom stereocenters. The molecule has 1 amide bonds. The van der Waals surface area contributed by atoms with Gasteiger partial charge in [-0.3, -0.25) is 4.79 Å². The van der Waals surface area contributed by atoms with Crippen LogP contribution in [0.25, 0.3) is 0 Å². The summed E-state index contributed by atoms with van der Waals surface area (Å²) in [5, 5.41) is 0. The number of carbonyl (C=O) groups excluding carboxylic acids is 2. The molecule has 1 aromatic carbocycles. The van der Waals surface area contributed by atoms with Crippen molar-refractivity contribution in [2.45, 2.75) is 38.6 Å². The van der Waals surface area contributed by atoms with Crippen LogP contribution >= 0.6 is 0 Å². The first kappa shape index (κ1) is 20.8. The second-order valence-electron chi connectivity index (χ2n) is 6.88. The Kier molecular flexibility index (Phi) is 6.80. The minimum Gasteiger partial charge on any atom is -0.497 e. The average molecular weight is 401 g/mol. The van der Waals surface area contributed by atoms with E-state index in [4.69, 9.17) is 18.6 Å². The van der Waals surface area contributed by atoms with E-state index in [1.165, 1.54) is 0 Å². The van der Waals surface area contributed by atoms with Crippen LogP contribution in [0.2, 0.25) is 0 Å². The lowest BCUT2D eigenvalue weighted by Gasteiger charge is -2.33. The number of likely N-dealkylation sites (tertiary alicyclic amines) is 1. The summed E-state index contributed by atoms with van der Waals surface area (Å²) in [6.45, 7) is 2.57. The Morgan fingerprint density at radius 3 is 2.69 bits per heavy atom. The summed E-state index contributed by atoms with van der Waals surface area (Å²) in [4.78, 5) is 26.8. The first-order chi connectivity index (χ1) is 14.1. The van der Waals surface area contributed by atoms with Crippen molar-refractivity contribution in [3.05, 3.63) is 47.4 Å². The monoisotopic (exact) mass is 401 g/mol. The normalized spacial score (nSPS) is 16.4. The molecule has 0 radical (unpaired) electrons. The number of esters is 1. The van der Waals surface area contributed by atoms with Gasteiger partial charge in [0, 0.05) is 18.5 Å². The van der Waals surface area contributed by atoms with Gasteiger partial charge in [0.25, 0.3) is 5.91 Å². The Morgan fingerprint density at radius 1 is 1.14 bits per heavy atom. The standard InChI is InChI=1S/C22H27NO6/c1-4-28-22(25)18-7-5-6-12-23(18)21(24)20-11-9-17(29-20)14-15-13-16(26-2)8-10-19(15)27-3/h8-11,13,18H,4-7,12,14H2,1-3H3. The van der Waals surface area contributed by atoms with Gasteiger partial charge in [0.1, 0.15) is 23.3 Å². The van der Waals surface area contributed by atoms with Gasteiger partial charge in [0.15, 0.2) is 5.76 Å². The van der Waals surface area contributed by atoms with Crippen LogP contribution < -0.4 is 9.47 Å². The smallest absolute Gasteiger partial charge is 0.328 e. The lowest BCUT2D eigenvalue weighted by atomic mass is 10.0. The highest BCUT2D eigenvalue weighted by molar-refractivity contribution is 5.94. The van der Waals surface area contributed by atoms with Crippen LogP contribution in [0.3, 0.4) is 0 Å². The Balaban J connectivity index is 1.77. The van der Waals surface area contributed by atoms with E-state index in [0.29, 0.717) is 43.3 Å². The van der Waals surface area contributed by atoms with Crippen LogP contribution in [-0.2, 0) is 16.0 Å². The molecule has 2 aromatic rings. The molecule has 0 spiro atoms. The first-order valence-corrected chi connectivity index (χ1v) is 9.84. The fourth-order valence-electron chi connectivity index (χ4n) is 3.60. The zero-order valence-corrected chi connectivity index (χ0v) is 17.1. The average Bonchev–Trinajstić information content (AvgIpc) is 3.21. The summed E-state index contributed by atoms with van der Waals surface area (Å²) in [7, 11) is 3.21. The lowest BCUT2D eigenvalue weighted by molar-refractivity contribution is -0.149. The Morgan fingerprint density at radius 2 is 1.97 bits per heavy atom. The molecular formula is C22H27NO6. The van der Waals surface area contributed by atoms with Gasteiger partial charge in [0.2, 0.25) is 0 Å². The highest BCUT2D eigenvalue weighted by Gasteiger charge is 2.34. The number of nitrogens with zero attached hydrogens (tertiary/aromatic N) is 1. The predicted octanol–water partition coefficient (Wildman–Crippen LogP) is 3.45. The van der Waals surface area contributed by atoms with Crippen molar-refractivity contribution in [1.82, 2.24) is 4.90 Å². The minimum absolute atomic E-state index is 0.220. The van der Waals surface area contributed by atoms with Crippen molar-refractivity contribution in [2.75, 3.05) is 27.4 Å². The first-order valence-electron chi connectivity index (χ1n) is 9.84. The van der Waals surface area contributed by atoms with Crippen molar-refractivity contribution in [2.24, 2.45) is 0 Å². The van der Waals surface area contributed by atoms with E-state index in [1.54, 1.807) is 38.2 Å². The van der Waals surface area contributed by atoms with Crippen LogP contribution in [0.15, 0.2) is 34.7 Å². The molecule has 1 fully saturated rings. The van der Waals surface area contributed by atoms with Crippen molar-refractivity contribution in [1.29, 1.82) is 0 Å². The molecule has 7 heteroatoms. The largest absolute Gasteiger partial charge is 0.497 e. The molecule has 2 heterocycles. The van der Waals surface area contributed by atoms with E-state index < -0.39 is 6.04 Å². The molecule has 1 unspecified atom stereocenters. The minimum atomic E-state index is -0.553. The highest BCUT2D eigenvalue weighted by Crippen LogP contribution is 2.28. The van der Waals surface area contributed by atoms with Crippen LogP contribution in [0.4, 0.5) is 0 Å². The number of methoxy groups -OCH3 is 2. The molecule has 3 rings (SSSR count). The molecule has 1 aliphatic heterocycles. The van der Waals surface area contributed by atoms with Crippen LogP contribution in [0.5, 0.6) is 11.5 Å². The number of carbonyl (C=O) groups is 2. The molecule has 156 valence electrons. The number of hydrogen-bond acceptors (Lipinski definition) is 6. The molecule has 0 N–H and O–H groups in total. The third kappa shape index (κ3) is 4.72. The summed E-state index contributed by atoms with van der Waals surface area (Å²) in [5.41, 5.74) is 0.891. The number of benzene rings is 1. The fourth-order valence-corrected chi connectivity index (χ4v) is 3.60. The van der Waals surface area contributed by atoms with Gasteiger partial charge in [0.05, 0.1) is 20.8 Å². The van der Waals surface area contributed by atoms with E-state index in [2.05, 4.69) is 0 Å². The maximum atomic E-state index is 13.0.